The molecule has 1 fully saturated rings. The van der Waals surface area contributed by atoms with Gasteiger partial charge in [0.1, 0.15) is 0 Å². The third-order valence-corrected chi connectivity index (χ3v) is 2.63. The average molecular weight is 244 g/mol. The SMILES string of the molecule is COC(=O)CN(C)CC(=O)N1CCOC(C)C1. The number of nitrogens with zero attached hydrogens (tertiary/aromatic N) is 2. The maximum atomic E-state index is 11.9. The fourth-order valence-corrected chi connectivity index (χ4v) is 1.72. The van der Waals surface area contributed by atoms with Crippen LogP contribution in [0.1, 0.15) is 6.92 Å². The predicted octanol–water partition coefficient (Wildman–Crippen LogP) is -0.661. The molecule has 1 heterocycles. The van der Waals surface area contributed by atoms with E-state index in [0.29, 0.717) is 19.7 Å². The molecular weight excluding hydrogens is 224 g/mol. The molecule has 0 N–H and O–H groups in total. The zero-order valence-corrected chi connectivity index (χ0v) is 10.6. The lowest BCUT2D eigenvalue weighted by molar-refractivity contribution is -0.143. The molecule has 6 nitrogen and oxygen atoms in total. The van der Waals surface area contributed by atoms with Crippen LogP contribution in [0.5, 0.6) is 0 Å². The predicted molar refractivity (Wildman–Crippen MR) is 61.5 cm³/mol. The Morgan fingerprint density at radius 2 is 2.18 bits per heavy atom. The molecule has 1 amide bonds. The van der Waals surface area contributed by atoms with E-state index in [9.17, 15) is 9.59 Å². The molecule has 1 aliphatic rings. The highest BCUT2D eigenvalue weighted by atomic mass is 16.5. The Kier molecular flexibility index (Phi) is 5.37. The van der Waals surface area contributed by atoms with Gasteiger partial charge < -0.3 is 14.4 Å². The van der Waals surface area contributed by atoms with Gasteiger partial charge in [0.15, 0.2) is 0 Å². The van der Waals surface area contributed by atoms with E-state index in [2.05, 4.69) is 4.74 Å². The van der Waals surface area contributed by atoms with Gasteiger partial charge in [-0.1, -0.05) is 0 Å². The first kappa shape index (κ1) is 13.9. The molecule has 1 rings (SSSR count). The van der Waals surface area contributed by atoms with E-state index >= 15 is 0 Å². The average Bonchev–Trinajstić information content (AvgIpc) is 2.28. The Morgan fingerprint density at radius 1 is 1.47 bits per heavy atom. The summed E-state index contributed by atoms with van der Waals surface area (Å²) < 4.78 is 9.90. The van der Waals surface area contributed by atoms with Crippen LogP contribution < -0.4 is 0 Å². The Morgan fingerprint density at radius 3 is 2.76 bits per heavy atom. The Balaban J connectivity index is 2.35. The van der Waals surface area contributed by atoms with Gasteiger partial charge in [0, 0.05) is 13.1 Å². The van der Waals surface area contributed by atoms with Crippen LogP contribution in [0.3, 0.4) is 0 Å². The van der Waals surface area contributed by atoms with Crippen molar-refractivity contribution >= 4 is 11.9 Å². The number of carbonyl (C=O) groups is 2. The van der Waals surface area contributed by atoms with Crippen LogP contribution in [0.2, 0.25) is 0 Å². The van der Waals surface area contributed by atoms with Gasteiger partial charge >= 0.3 is 5.97 Å². The van der Waals surface area contributed by atoms with Crippen molar-refractivity contribution in [3.63, 3.8) is 0 Å². The van der Waals surface area contributed by atoms with Crippen molar-refractivity contribution in [2.24, 2.45) is 0 Å². The number of likely N-dealkylation sites (N-methyl/N-ethyl adjacent to an activating group) is 1. The first-order valence-corrected chi connectivity index (χ1v) is 5.67. The van der Waals surface area contributed by atoms with E-state index < -0.39 is 0 Å². The molecular formula is C11H20N2O4. The van der Waals surface area contributed by atoms with E-state index in [1.807, 2.05) is 6.92 Å². The number of carbonyl (C=O) groups excluding carboxylic acids is 2. The number of hydrogen-bond acceptors (Lipinski definition) is 5. The van der Waals surface area contributed by atoms with Crippen LogP contribution >= 0.6 is 0 Å². The molecule has 6 heteroatoms. The number of ether oxygens (including phenoxy) is 2. The number of amides is 1. The molecule has 0 aliphatic carbocycles. The molecule has 98 valence electrons. The van der Waals surface area contributed by atoms with Gasteiger partial charge in [-0.25, -0.2) is 0 Å². The molecule has 0 aromatic heterocycles. The highest BCUT2D eigenvalue weighted by Gasteiger charge is 2.22. The molecule has 0 bridgehead atoms. The van der Waals surface area contributed by atoms with Crippen LogP contribution in [0.15, 0.2) is 0 Å². The normalized spacial score (nSPS) is 20.5. The van der Waals surface area contributed by atoms with E-state index in [1.165, 1.54) is 7.11 Å². The topological polar surface area (TPSA) is 59.1 Å². The third-order valence-electron chi connectivity index (χ3n) is 2.63. The van der Waals surface area contributed by atoms with Crippen molar-refractivity contribution in [3.8, 4) is 0 Å². The molecule has 0 aromatic rings. The van der Waals surface area contributed by atoms with Crippen LogP contribution in [-0.2, 0) is 19.1 Å². The first-order chi connectivity index (χ1) is 8.02. The standard InChI is InChI=1S/C11H20N2O4/c1-9-6-13(4-5-17-9)10(14)7-12(2)8-11(15)16-3/h9H,4-8H2,1-3H3. The fourth-order valence-electron chi connectivity index (χ4n) is 1.72. The molecule has 1 saturated heterocycles. The second kappa shape index (κ2) is 6.56. The Labute approximate surface area is 101 Å². The van der Waals surface area contributed by atoms with Crippen molar-refractivity contribution in [2.45, 2.75) is 13.0 Å². The minimum Gasteiger partial charge on any atom is -0.468 e. The van der Waals surface area contributed by atoms with E-state index in [0.717, 1.165) is 0 Å². The van der Waals surface area contributed by atoms with Crippen molar-refractivity contribution in [1.29, 1.82) is 0 Å². The molecule has 0 aromatic carbocycles. The lowest BCUT2D eigenvalue weighted by Crippen LogP contribution is -2.48. The molecule has 1 aliphatic heterocycles. The van der Waals surface area contributed by atoms with Crippen molar-refractivity contribution < 1.29 is 19.1 Å². The van der Waals surface area contributed by atoms with Gasteiger partial charge in [0.05, 0.1) is 32.9 Å². The first-order valence-electron chi connectivity index (χ1n) is 5.67. The maximum Gasteiger partial charge on any atom is 0.319 e. The molecule has 0 saturated carbocycles. The van der Waals surface area contributed by atoms with Crippen molar-refractivity contribution in [1.82, 2.24) is 9.80 Å². The highest BCUT2D eigenvalue weighted by Crippen LogP contribution is 2.04. The van der Waals surface area contributed by atoms with Crippen molar-refractivity contribution in [2.75, 3.05) is 46.9 Å². The van der Waals surface area contributed by atoms with Crippen LogP contribution in [0, 0.1) is 0 Å². The summed E-state index contributed by atoms with van der Waals surface area (Å²) >= 11 is 0. The largest absolute Gasteiger partial charge is 0.468 e. The quantitative estimate of drug-likeness (QED) is 0.614. The van der Waals surface area contributed by atoms with Gasteiger partial charge in [0.2, 0.25) is 5.91 Å². The molecule has 0 radical (unpaired) electrons. The number of morpholine rings is 1. The minimum atomic E-state index is -0.337. The van der Waals surface area contributed by atoms with Gasteiger partial charge in [0.25, 0.3) is 0 Å². The van der Waals surface area contributed by atoms with Gasteiger partial charge in [-0.2, -0.15) is 0 Å². The van der Waals surface area contributed by atoms with Crippen LogP contribution in [0.25, 0.3) is 0 Å². The van der Waals surface area contributed by atoms with Crippen LogP contribution in [0.4, 0.5) is 0 Å². The second-order valence-electron chi connectivity index (χ2n) is 4.27. The molecule has 1 unspecified atom stereocenters. The smallest absolute Gasteiger partial charge is 0.319 e. The number of rotatable bonds is 4. The lowest BCUT2D eigenvalue weighted by atomic mass is 10.3. The molecule has 17 heavy (non-hydrogen) atoms. The lowest BCUT2D eigenvalue weighted by Gasteiger charge is -2.32. The zero-order chi connectivity index (χ0) is 12.8. The second-order valence-corrected chi connectivity index (χ2v) is 4.27. The monoisotopic (exact) mass is 244 g/mol. The Hall–Kier alpha value is -1.14. The fraction of sp³-hybridized carbons (Fsp3) is 0.818. The zero-order valence-electron chi connectivity index (χ0n) is 10.6. The highest BCUT2D eigenvalue weighted by molar-refractivity contribution is 5.79. The summed E-state index contributed by atoms with van der Waals surface area (Å²) in [6, 6.07) is 0. The minimum absolute atomic E-state index is 0.0200. The van der Waals surface area contributed by atoms with Crippen LogP contribution in [-0.4, -0.2) is 74.7 Å². The number of methoxy groups -OCH3 is 1. The van der Waals surface area contributed by atoms with E-state index in [4.69, 9.17) is 4.74 Å². The summed E-state index contributed by atoms with van der Waals surface area (Å²) in [4.78, 5) is 26.3. The number of hydrogen-bond donors (Lipinski definition) is 0. The van der Waals surface area contributed by atoms with Crippen molar-refractivity contribution in [3.05, 3.63) is 0 Å². The Bertz CT molecular complexity index is 283. The van der Waals surface area contributed by atoms with Gasteiger partial charge in [-0.3, -0.25) is 14.5 Å². The summed E-state index contributed by atoms with van der Waals surface area (Å²) in [6.45, 7) is 4.11. The van der Waals surface area contributed by atoms with E-state index in [1.54, 1.807) is 16.8 Å². The summed E-state index contributed by atoms with van der Waals surface area (Å²) in [5.41, 5.74) is 0. The summed E-state index contributed by atoms with van der Waals surface area (Å²) in [5.74, 6) is -0.317. The maximum absolute atomic E-state index is 11.9. The molecule has 1 atom stereocenters. The van der Waals surface area contributed by atoms with Gasteiger partial charge in [-0.05, 0) is 14.0 Å². The number of esters is 1. The summed E-state index contributed by atoms with van der Waals surface area (Å²) in [7, 11) is 3.06. The third kappa shape index (κ3) is 4.70. The summed E-state index contributed by atoms with van der Waals surface area (Å²) in [6.07, 6.45) is 0.0820. The molecule has 0 spiro atoms. The van der Waals surface area contributed by atoms with Gasteiger partial charge in [-0.15, -0.1) is 0 Å². The summed E-state index contributed by atoms with van der Waals surface area (Å²) in [5, 5.41) is 0. The van der Waals surface area contributed by atoms with E-state index in [-0.39, 0.29) is 31.1 Å².